The number of rotatable bonds is 4. The minimum Gasteiger partial charge on any atom is -0.480 e. The van der Waals surface area contributed by atoms with Gasteiger partial charge in [0.1, 0.15) is 0 Å². The van der Waals surface area contributed by atoms with Gasteiger partial charge in [0.05, 0.1) is 6.54 Å². The van der Waals surface area contributed by atoms with E-state index in [1.54, 1.807) is 4.90 Å². The van der Waals surface area contributed by atoms with Crippen molar-refractivity contribution in [3.05, 3.63) is 0 Å². The molecule has 2 fully saturated rings. The molecule has 1 N–H and O–H groups in total. The van der Waals surface area contributed by atoms with Crippen LogP contribution in [0.1, 0.15) is 12.8 Å². The summed E-state index contributed by atoms with van der Waals surface area (Å²) < 4.78 is 0. The SMILES string of the molecule is CN(CC1CCCN1C)C(=O)N1CCN(CC(=O)O)CC1. The lowest BCUT2D eigenvalue weighted by Gasteiger charge is -2.37. The van der Waals surface area contributed by atoms with E-state index in [0.29, 0.717) is 32.2 Å². The molecule has 2 aliphatic rings. The van der Waals surface area contributed by atoms with Crippen molar-refractivity contribution in [2.24, 2.45) is 0 Å². The fraction of sp³-hybridized carbons (Fsp3) is 0.857. The van der Waals surface area contributed by atoms with E-state index in [1.165, 1.54) is 6.42 Å². The number of likely N-dealkylation sites (tertiary alicyclic amines) is 1. The van der Waals surface area contributed by atoms with Gasteiger partial charge in [-0.3, -0.25) is 9.69 Å². The predicted molar refractivity (Wildman–Crippen MR) is 79.3 cm³/mol. The number of carbonyl (C=O) groups excluding carboxylic acids is 1. The van der Waals surface area contributed by atoms with Gasteiger partial charge in [0.15, 0.2) is 0 Å². The summed E-state index contributed by atoms with van der Waals surface area (Å²) in [6, 6.07) is 0.525. The summed E-state index contributed by atoms with van der Waals surface area (Å²) in [7, 11) is 3.97. The molecule has 2 heterocycles. The third kappa shape index (κ3) is 4.31. The first kappa shape index (κ1) is 16.0. The summed E-state index contributed by atoms with van der Waals surface area (Å²) in [5.41, 5.74) is 0. The first-order valence-electron chi connectivity index (χ1n) is 7.62. The molecular formula is C14H26N4O3. The second-order valence-electron chi connectivity index (χ2n) is 6.10. The maximum atomic E-state index is 12.4. The van der Waals surface area contributed by atoms with Crippen LogP contribution in [-0.4, -0.2) is 103 Å². The topological polar surface area (TPSA) is 67.3 Å². The number of piperazine rings is 1. The molecule has 120 valence electrons. The molecule has 0 saturated carbocycles. The van der Waals surface area contributed by atoms with E-state index in [9.17, 15) is 9.59 Å². The molecule has 1 unspecified atom stereocenters. The Morgan fingerprint density at radius 3 is 2.38 bits per heavy atom. The van der Waals surface area contributed by atoms with Crippen molar-refractivity contribution in [2.45, 2.75) is 18.9 Å². The third-order valence-corrected chi connectivity index (χ3v) is 4.48. The van der Waals surface area contributed by atoms with E-state index in [-0.39, 0.29) is 12.6 Å². The van der Waals surface area contributed by atoms with Gasteiger partial charge < -0.3 is 19.8 Å². The van der Waals surface area contributed by atoms with E-state index < -0.39 is 5.97 Å². The Kier molecular flexibility index (Phi) is 5.41. The number of carboxylic acid groups (broad SMARTS) is 1. The molecule has 0 spiro atoms. The molecule has 0 aromatic rings. The second-order valence-corrected chi connectivity index (χ2v) is 6.10. The van der Waals surface area contributed by atoms with E-state index in [2.05, 4.69) is 11.9 Å². The summed E-state index contributed by atoms with van der Waals surface area (Å²) in [6.07, 6.45) is 2.36. The second kappa shape index (κ2) is 7.09. The van der Waals surface area contributed by atoms with Crippen molar-refractivity contribution in [3.63, 3.8) is 0 Å². The molecule has 2 aliphatic heterocycles. The van der Waals surface area contributed by atoms with Crippen LogP contribution >= 0.6 is 0 Å². The number of hydrogen-bond donors (Lipinski definition) is 1. The van der Waals surface area contributed by atoms with Crippen LogP contribution in [0.25, 0.3) is 0 Å². The molecule has 21 heavy (non-hydrogen) atoms. The summed E-state index contributed by atoms with van der Waals surface area (Å²) in [5, 5.41) is 8.78. The largest absolute Gasteiger partial charge is 0.480 e. The van der Waals surface area contributed by atoms with Gasteiger partial charge >= 0.3 is 12.0 Å². The van der Waals surface area contributed by atoms with Crippen LogP contribution < -0.4 is 0 Å². The van der Waals surface area contributed by atoms with Gasteiger partial charge in [0, 0.05) is 45.8 Å². The fourth-order valence-electron chi connectivity index (χ4n) is 3.13. The van der Waals surface area contributed by atoms with Gasteiger partial charge in [-0.25, -0.2) is 4.79 Å². The van der Waals surface area contributed by atoms with Gasteiger partial charge in [0.25, 0.3) is 0 Å². The number of hydrogen-bond acceptors (Lipinski definition) is 4. The zero-order valence-electron chi connectivity index (χ0n) is 13.0. The van der Waals surface area contributed by atoms with E-state index in [0.717, 1.165) is 19.5 Å². The molecule has 2 saturated heterocycles. The monoisotopic (exact) mass is 298 g/mol. The zero-order chi connectivity index (χ0) is 15.4. The highest BCUT2D eigenvalue weighted by molar-refractivity contribution is 5.74. The van der Waals surface area contributed by atoms with Crippen LogP contribution in [0.3, 0.4) is 0 Å². The number of aliphatic carboxylic acids is 1. The van der Waals surface area contributed by atoms with E-state index in [4.69, 9.17) is 5.11 Å². The van der Waals surface area contributed by atoms with Crippen LogP contribution in [0.15, 0.2) is 0 Å². The van der Waals surface area contributed by atoms with Gasteiger partial charge in [-0.2, -0.15) is 0 Å². The average molecular weight is 298 g/mol. The van der Waals surface area contributed by atoms with Gasteiger partial charge in [-0.1, -0.05) is 0 Å². The van der Waals surface area contributed by atoms with Crippen molar-refractivity contribution in [1.29, 1.82) is 0 Å². The summed E-state index contributed by atoms with van der Waals surface area (Å²) in [6.45, 7) is 4.42. The Hall–Kier alpha value is -1.34. The number of nitrogens with zero attached hydrogens (tertiary/aromatic N) is 4. The summed E-state index contributed by atoms with van der Waals surface area (Å²) in [4.78, 5) is 30.9. The molecule has 7 nitrogen and oxygen atoms in total. The lowest BCUT2D eigenvalue weighted by atomic mass is 10.2. The highest BCUT2D eigenvalue weighted by atomic mass is 16.4. The molecule has 0 aromatic carbocycles. The Balaban J connectivity index is 1.77. The molecule has 0 aliphatic carbocycles. The van der Waals surface area contributed by atoms with Gasteiger partial charge in [-0.05, 0) is 26.4 Å². The minimum absolute atomic E-state index is 0.0603. The van der Waals surface area contributed by atoms with E-state index >= 15 is 0 Å². The minimum atomic E-state index is -0.809. The average Bonchev–Trinajstić information content (AvgIpc) is 2.83. The number of amides is 2. The quantitative estimate of drug-likeness (QED) is 0.781. The summed E-state index contributed by atoms with van der Waals surface area (Å²) in [5.74, 6) is -0.809. The van der Waals surface area contributed by atoms with Crippen molar-refractivity contribution in [1.82, 2.24) is 19.6 Å². The van der Waals surface area contributed by atoms with Crippen molar-refractivity contribution in [2.75, 3.05) is 59.9 Å². The maximum Gasteiger partial charge on any atom is 0.319 e. The Labute approximate surface area is 126 Å². The number of carboxylic acids is 1. The van der Waals surface area contributed by atoms with Crippen LogP contribution in [0.5, 0.6) is 0 Å². The Morgan fingerprint density at radius 1 is 1.19 bits per heavy atom. The van der Waals surface area contributed by atoms with Crippen molar-refractivity contribution < 1.29 is 14.7 Å². The highest BCUT2D eigenvalue weighted by Gasteiger charge is 2.28. The molecule has 0 aromatic heterocycles. The molecule has 0 bridgehead atoms. The van der Waals surface area contributed by atoms with Crippen LogP contribution in [-0.2, 0) is 4.79 Å². The molecule has 1 atom stereocenters. The lowest BCUT2D eigenvalue weighted by molar-refractivity contribution is -0.138. The highest BCUT2D eigenvalue weighted by Crippen LogP contribution is 2.16. The number of urea groups is 1. The molecule has 0 radical (unpaired) electrons. The van der Waals surface area contributed by atoms with Crippen molar-refractivity contribution >= 4 is 12.0 Å². The lowest BCUT2D eigenvalue weighted by Crippen LogP contribution is -2.54. The van der Waals surface area contributed by atoms with Gasteiger partial charge in [0.2, 0.25) is 0 Å². The first-order chi connectivity index (χ1) is 9.97. The standard InChI is InChI=1S/C14H26N4O3/c1-15-5-3-4-12(15)10-16(2)14(21)18-8-6-17(7-9-18)11-13(19)20/h12H,3-11H2,1-2H3,(H,19,20). The first-order valence-corrected chi connectivity index (χ1v) is 7.62. The van der Waals surface area contributed by atoms with E-state index in [1.807, 2.05) is 16.8 Å². The molecule has 2 amide bonds. The third-order valence-electron chi connectivity index (χ3n) is 4.48. The van der Waals surface area contributed by atoms with Gasteiger partial charge in [-0.15, -0.1) is 0 Å². The number of carbonyl (C=O) groups is 2. The summed E-state index contributed by atoms with van der Waals surface area (Å²) >= 11 is 0. The van der Waals surface area contributed by atoms with Crippen LogP contribution in [0, 0.1) is 0 Å². The smallest absolute Gasteiger partial charge is 0.319 e. The van der Waals surface area contributed by atoms with Crippen LogP contribution in [0.4, 0.5) is 4.79 Å². The predicted octanol–water partition coefficient (Wildman–Crippen LogP) is -0.165. The molecular weight excluding hydrogens is 272 g/mol. The van der Waals surface area contributed by atoms with Crippen molar-refractivity contribution in [3.8, 4) is 0 Å². The fourth-order valence-corrected chi connectivity index (χ4v) is 3.13. The zero-order valence-corrected chi connectivity index (χ0v) is 13.0. The molecule has 2 rings (SSSR count). The van der Waals surface area contributed by atoms with Crippen LogP contribution in [0.2, 0.25) is 0 Å². The Bertz CT molecular complexity index is 382. The maximum absolute atomic E-state index is 12.4. The normalized spacial score (nSPS) is 24.3. The molecule has 7 heteroatoms. The Morgan fingerprint density at radius 2 is 1.86 bits per heavy atom. The number of likely N-dealkylation sites (N-methyl/N-ethyl adjacent to an activating group) is 2.